The molecule has 0 saturated carbocycles. The van der Waals surface area contributed by atoms with E-state index >= 15 is 0 Å². The molecule has 2 aromatic carbocycles. The number of aromatic nitrogens is 2. The maximum absolute atomic E-state index is 13.4. The van der Waals surface area contributed by atoms with Crippen molar-refractivity contribution in [1.29, 1.82) is 0 Å². The van der Waals surface area contributed by atoms with Gasteiger partial charge in [-0.3, -0.25) is 9.59 Å². The first-order valence-electron chi connectivity index (χ1n) is 10.3. The normalized spacial score (nSPS) is 11.1. The van der Waals surface area contributed by atoms with Gasteiger partial charge in [0.25, 0.3) is 5.56 Å². The van der Waals surface area contributed by atoms with Gasteiger partial charge < -0.3 is 10.1 Å². The van der Waals surface area contributed by atoms with Crippen LogP contribution < -0.4 is 10.9 Å². The van der Waals surface area contributed by atoms with Crippen molar-refractivity contribution in [2.24, 2.45) is 0 Å². The lowest BCUT2D eigenvalue weighted by molar-refractivity contribution is -0.111. The van der Waals surface area contributed by atoms with Gasteiger partial charge >= 0.3 is 5.97 Å². The van der Waals surface area contributed by atoms with Gasteiger partial charge in [0.05, 0.1) is 17.7 Å². The zero-order valence-electron chi connectivity index (χ0n) is 18.1. The van der Waals surface area contributed by atoms with Crippen LogP contribution in [0.15, 0.2) is 70.8 Å². The molecule has 0 aliphatic rings. The molecule has 33 heavy (non-hydrogen) atoms. The minimum absolute atomic E-state index is 0.0181. The zero-order valence-corrected chi connectivity index (χ0v) is 18.9. The number of rotatable bonds is 6. The van der Waals surface area contributed by atoms with E-state index < -0.39 is 17.4 Å². The average molecular weight is 460 g/mol. The number of thiophene rings is 1. The van der Waals surface area contributed by atoms with E-state index in [1.54, 1.807) is 36.6 Å². The highest BCUT2D eigenvalue weighted by molar-refractivity contribution is 7.16. The molecule has 0 fully saturated rings. The summed E-state index contributed by atoms with van der Waals surface area (Å²) < 4.78 is 6.33. The number of carbonyl (C=O) groups is 2. The Balaban J connectivity index is 1.80. The summed E-state index contributed by atoms with van der Waals surface area (Å²) in [6, 6.07) is 16.6. The lowest BCUT2D eigenvalue weighted by Crippen LogP contribution is -2.25. The maximum atomic E-state index is 13.4. The predicted molar refractivity (Wildman–Crippen MR) is 130 cm³/mol. The molecule has 0 saturated heterocycles. The summed E-state index contributed by atoms with van der Waals surface area (Å²) in [6.07, 6.45) is 3.08. The van der Waals surface area contributed by atoms with Gasteiger partial charge in [0.2, 0.25) is 5.91 Å². The molecule has 8 heteroatoms. The smallest absolute Gasteiger partial charge is 0.359 e. The molecular formula is C25H21N3O4S. The summed E-state index contributed by atoms with van der Waals surface area (Å²) in [4.78, 5) is 38.6. The van der Waals surface area contributed by atoms with Crippen LogP contribution in [0.25, 0.3) is 22.5 Å². The van der Waals surface area contributed by atoms with Crippen molar-refractivity contribution < 1.29 is 14.3 Å². The second-order valence-corrected chi connectivity index (χ2v) is 8.09. The summed E-state index contributed by atoms with van der Waals surface area (Å²) in [5.41, 5.74) is 1.90. The number of hydrogen-bond acceptors (Lipinski definition) is 6. The molecular weight excluding hydrogens is 438 g/mol. The van der Waals surface area contributed by atoms with E-state index in [1.165, 1.54) is 10.8 Å². The Bertz CT molecular complexity index is 1420. The van der Waals surface area contributed by atoms with E-state index in [2.05, 4.69) is 10.4 Å². The van der Waals surface area contributed by atoms with Crippen molar-refractivity contribution in [1.82, 2.24) is 9.78 Å². The quantitative estimate of drug-likeness (QED) is 0.337. The Morgan fingerprint density at radius 2 is 1.94 bits per heavy atom. The fraction of sp³-hybridized carbons (Fsp3) is 0.120. The predicted octanol–water partition coefficient (Wildman–Crippen LogP) is 4.58. The van der Waals surface area contributed by atoms with Gasteiger partial charge in [0.1, 0.15) is 5.00 Å². The number of nitrogens with one attached hydrogen (secondary N) is 1. The molecule has 1 amide bonds. The van der Waals surface area contributed by atoms with Crippen molar-refractivity contribution in [3.05, 3.63) is 93.2 Å². The Kier molecular flexibility index (Phi) is 6.46. The number of benzene rings is 2. The fourth-order valence-corrected chi connectivity index (χ4v) is 4.26. The van der Waals surface area contributed by atoms with Crippen molar-refractivity contribution in [3.63, 3.8) is 0 Å². The molecule has 166 valence electrons. The molecule has 0 aliphatic heterocycles. The highest BCUT2D eigenvalue weighted by Crippen LogP contribution is 2.30. The third-order valence-corrected chi connectivity index (χ3v) is 5.73. The first-order chi connectivity index (χ1) is 16.0. The second kappa shape index (κ2) is 9.62. The van der Waals surface area contributed by atoms with Crippen LogP contribution in [0.2, 0.25) is 0 Å². The number of esters is 1. The third-order valence-electron chi connectivity index (χ3n) is 4.83. The standard InChI is InChI=1S/C25H21N3O4S/c1-3-32-25(31)22-19-15-33-23(26-20(29)13-12-17-9-5-4-6-10-17)21(19)24(30)28(27-22)18-11-7-8-16(2)14-18/h4-15H,3H2,1-2H3,(H,26,29)/b13-12+. The van der Waals surface area contributed by atoms with Crippen molar-refractivity contribution >= 4 is 45.1 Å². The molecule has 0 bridgehead atoms. The number of hydrogen-bond donors (Lipinski definition) is 1. The lowest BCUT2D eigenvalue weighted by atomic mass is 10.2. The van der Waals surface area contributed by atoms with Crippen LogP contribution >= 0.6 is 11.3 Å². The van der Waals surface area contributed by atoms with Crippen LogP contribution in [-0.4, -0.2) is 28.3 Å². The zero-order chi connectivity index (χ0) is 23.4. The van der Waals surface area contributed by atoms with E-state index in [0.29, 0.717) is 16.1 Å². The molecule has 0 radical (unpaired) electrons. The van der Waals surface area contributed by atoms with E-state index in [9.17, 15) is 14.4 Å². The van der Waals surface area contributed by atoms with Crippen LogP contribution in [0, 0.1) is 6.92 Å². The number of fused-ring (bicyclic) bond motifs is 1. The third kappa shape index (κ3) is 4.75. The molecule has 0 spiro atoms. The SMILES string of the molecule is CCOC(=O)c1nn(-c2cccc(C)c2)c(=O)c2c(NC(=O)/C=C/c3ccccc3)scc12. The van der Waals surface area contributed by atoms with Crippen LogP contribution in [0.4, 0.5) is 5.00 Å². The van der Waals surface area contributed by atoms with Gasteiger partial charge in [0.15, 0.2) is 5.69 Å². The van der Waals surface area contributed by atoms with E-state index in [1.807, 2.05) is 43.3 Å². The number of ether oxygens (including phenoxy) is 1. The molecule has 0 atom stereocenters. The summed E-state index contributed by atoms with van der Waals surface area (Å²) in [7, 11) is 0. The molecule has 2 aromatic heterocycles. The van der Waals surface area contributed by atoms with Gasteiger partial charge in [0, 0.05) is 16.8 Å². The van der Waals surface area contributed by atoms with E-state index in [0.717, 1.165) is 22.5 Å². The number of aryl methyl sites for hydroxylation is 1. The largest absolute Gasteiger partial charge is 0.461 e. The minimum atomic E-state index is -0.636. The van der Waals surface area contributed by atoms with Crippen molar-refractivity contribution in [2.75, 3.05) is 11.9 Å². The summed E-state index contributed by atoms with van der Waals surface area (Å²) in [5.74, 6) is -1.03. The Labute approximate surface area is 193 Å². The first kappa shape index (κ1) is 22.2. The lowest BCUT2D eigenvalue weighted by Gasteiger charge is -2.10. The maximum Gasteiger partial charge on any atom is 0.359 e. The highest BCUT2D eigenvalue weighted by atomic mass is 32.1. The minimum Gasteiger partial charge on any atom is -0.461 e. The average Bonchev–Trinajstić information content (AvgIpc) is 3.23. The molecule has 4 aromatic rings. The Morgan fingerprint density at radius 1 is 1.15 bits per heavy atom. The monoisotopic (exact) mass is 459 g/mol. The van der Waals surface area contributed by atoms with Crippen LogP contribution in [-0.2, 0) is 9.53 Å². The van der Waals surface area contributed by atoms with Crippen molar-refractivity contribution in [2.45, 2.75) is 13.8 Å². The first-order valence-corrected chi connectivity index (χ1v) is 11.2. The number of carbonyl (C=O) groups excluding carboxylic acids is 2. The van der Waals surface area contributed by atoms with Gasteiger partial charge in [-0.15, -0.1) is 11.3 Å². The molecule has 2 heterocycles. The van der Waals surface area contributed by atoms with Crippen LogP contribution in [0.1, 0.15) is 28.5 Å². The summed E-state index contributed by atoms with van der Waals surface area (Å²) in [5, 5.41) is 9.60. The number of nitrogens with zero attached hydrogens (tertiary/aromatic N) is 2. The summed E-state index contributed by atoms with van der Waals surface area (Å²) >= 11 is 1.16. The van der Waals surface area contributed by atoms with Crippen molar-refractivity contribution in [3.8, 4) is 5.69 Å². The second-order valence-electron chi connectivity index (χ2n) is 7.21. The fourth-order valence-electron chi connectivity index (χ4n) is 3.32. The van der Waals surface area contributed by atoms with Crippen LogP contribution in [0.5, 0.6) is 0 Å². The van der Waals surface area contributed by atoms with Gasteiger partial charge in [-0.25, -0.2) is 4.79 Å². The van der Waals surface area contributed by atoms with E-state index in [-0.39, 0.29) is 17.7 Å². The highest BCUT2D eigenvalue weighted by Gasteiger charge is 2.23. The molecule has 0 aliphatic carbocycles. The van der Waals surface area contributed by atoms with E-state index in [4.69, 9.17) is 4.74 Å². The van der Waals surface area contributed by atoms with Gasteiger partial charge in [-0.2, -0.15) is 9.78 Å². The Morgan fingerprint density at radius 3 is 2.67 bits per heavy atom. The van der Waals surface area contributed by atoms with Gasteiger partial charge in [-0.05, 0) is 43.2 Å². The molecule has 1 N–H and O–H groups in total. The number of anilines is 1. The topological polar surface area (TPSA) is 90.3 Å². The Hall–Kier alpha value is -4.04. The summed E-state index contributed by atoms with van der Waals surface area (Å²) in [6.45, 7) is 3.77. The number of amides is 1. The molecule has 0 unspecified atom stereocenters. The van der Waals surface area contributed by atoms with Gasteiger partial charge in [-0.1, -0.05) is 42.5 Å². The molecule has 7 nitrogen and oxygen atoms in total. The molecule has 4 rings (SSSR count). The van der Waals surface area contributed by atoms with Crippen LogP contribution in [0.3, 0.4) is 0 Å².